The van der Waals surface area contributed by atoms with Gasteiger partial charge in [0.05, 0.1) is 16.9 Å². The van der Waals surface area contributed by atoms with Gasteiger partial charge in [-0.05, 0) is 30.5 Å². The Labute approximate surface area is 136 Å². The number of carbonyl (C=O) groups excluding carboxylic acids is 1. The van der Waals surface area contributed by atoms with Gasteiger partial charge in [-0.3, -0.25) is 4.79 Å². The third-order valence-electron chi connectivity index (χ3n) is 4.95. The number of sulfone groups is 1. The fourth-order valence-corrected chi connectivity index (χ4v) is 5.71. The highest BCUT2D eigenvalue weighted by Gasteiger charge is 2.43. The molecule has 0 spiro atoms. The van der Waals surface area contributed by atoms with Crippen LogP contribution in [0.5, 0.6) is 0 Å². The molecule has 0 radical (unpaired) electrons. The smallest absolute Gasteiger partial charge is 0.227 e. The van der Waals surface area contributed by atoms with Gasteiger partial charge < -0.3 is 4.90 Å². The monoisotopic (exact) mass is 339 g/mol. The second-order valence-corrected chi connectivity index (χ2v) is 9.08. The molecule has 0 bridgehead atoms. The van der Waals surface area contributed by atoms with Crippen LogP contribution >= 0.6 is 0 Å². The van der Waals surface area contributed by atoms with Crippen LogP contribution in [-0.4, -0.2) is 42.8 Å². The zero-order valence-electron chi connectivity index (χ0n) is 13.1. The summed E-state index contributed by atoms with van der Waals surface area (Å²) in [4.78, 5) is 13.8. The number of rotatable bonds is 4. The first-order valence-corrected chi connectivity index (χ1v) is 9.82. The summed E-state index contributed by atoms with van der Waals surface area (Å²) in [6.07, 6.45) is 4.83. The molecule has 126 valence electrons. The molecule has 2 fully saturated rings. The van der Waals surface area contributed by atoms with Crippen molar-refractivity contribution in [2.24, 2.45) is 0 Å². The van der Waals surface area contributed by atoms with E-state index in [0.29, 0.717) is 13.1 Å². The van der Waals surface area contributed by atoms with E-state index in [1.54, 1.807) is 17.0 Å². The van der Waals surface area contributed by atoms with Crippen LogP contribution < -0.4 is 0 Å². The Morgan fingerprint density at radius 2 is 1.65 bits per heavy atom. The molecule has 1 aliphatic carbocycles. The van der Waals surface area contributed by atoms with Gasteiger partial charge in [-0.15, -0.1) is 0 Å². The molecule has 2 aliphatic rings. The van der Waals surface area contributed by atoms with E-state index in [1.165, 1.54) is 12.1 Å². The zero-order valence-corrected chi connectivity index (χ0v) is 13.9. The van der Waals surface area contributed by atoms with Crippen LogP contribution in [-0.2, 0) is 21.1 Å². The molecular weight excluding hydrogens is 317 g/mol. The van der Waals surface area contributed by atoms with Gasteiger partial charge in [0, 0.05) is 13.1 Å². The number of halogens is 1. The Kier molecular flexibility index (Phi) is 4.71. The van der Waals surface area contributed by atoms with Gasteiger partial charge in [-0.25, -0.2) is 12.8 Å². The van der Waals surface area contributed by atoms with Crippen LogP contribution in [0.3, 0.4) is 0 Å². The van der Waals surface area contributed by atoms with Crippen LogP contribution in [0.1, 0.15) is 37.7 Å². The summed E-state index contributed by atoms with van der Waals surface area (Å²) < 4.78 is 38.0. The van der Waals surface area contributed by atoms with E-state index in [2.05, 4.69) is 0 Å². The highest BCUT2D eigenvalue weighted by atomic mass is 32.2. The van der Waals surface area contributed by atoms with Gasteiger partial charge in [0.15, 0.2) is 9.84 Å². The van der Waals surface area contributed by atoms with Crippen LogP contribution in [0.4, 0.5) is 4.39 Å². The minimum Gasteiger partial charge on any atom is -0.340 e. The van der Waals surface area contributed by atoms with E-state index in [4.69, 9.17) is 0 Å². The molecule has 3 rings (SSSR count). The lowest BCUT2D eigenvalue weighted by Gasteiger charge is -2.41. The van der Waals surface area contributed by atoms with Gasteiger partial charge in [0.25, 0.3) is 0 Å². The average Bonchev–Trinajstić information content (AvgIpc) is 2.49. The van der Waals surface area contributed by atoms with E-state index < -0.39 is 15.1 Å². The fourth-order valence-electron chi connectivity index (χ4n) is 3.40. The molecule has 1 aromatic carbocycles. The number of nitrogens with zero attached hydrogens (tertiary/aromatic N) is 1. The molecule has 1 saturated heterocycles. The van der Waals surface area contributed by atoms with Crippen molar-refractivity contribution >= 4 is 15.7 Å². The second kappa shape index (κ2) is 6.59. The van der Waals surface area contributed by atoms with Crippen LogP contribution in [0.2, 0.25) is 0 Å². The van der Waals surface area contributed by atoms with Crippen LogP contribution in [0.25, 0.3) is 0 Å². The highest BCUT2D eigenvalue weighted by molar-refractivity contribution is 7.92. The molecular formula is C17H22FNO3S. The first-order valence-electron chi connectivity index (χ1n) is 8.22. The number of hydrogen-bond donors (Lipinski definition) is 0. The van der Waals surface area contributed by atoms with Gasteiger partial charge >= 0.3 is 0 Å². The first kappa shape index (κ1) is 16.4. The van der Waals surface area contributed by atoms with Gasteiger partial charge in [0.1, 0.15) is 5.82 Å². The standard InChI is InChI=1S/C17H22FNO3S/c18-14-8-6-13(7-9-14)10-17(20)19-11-16(12-19)23(21,22)15-4-2-1-3-5-15/h6-9,15-16H,1-5,10-12H2. The van der Waals surface area contributed by atoms with Crippen molar-refractivity contribution in [3.05, 3.63) is 35.6 Å². The summed E-state index contributed by atoms with van der Waals surface area (Å²) in [5.41, 5.74) is 0.745. The number of hydrogen-bond acceptors (Lipinski definition) is 3. The summed E-state index contributed by atoms with van der Waals surface area (Å²) in [5, 5.41) is -0.613. The van der Waals surface area contributed by atoms with Crippen LogP contribution in [0, 0.1) is 5.82 Å². The fraction of sp³-hybridized carbons (Fsp3) is 0.588. The Balaban J connectivity index is 1.53. The van der Waals surface area contributed by atoms with E-state index in [-0.39, 0.29) is 23.4 Å². The lowest BCUT2D eigenvalue weighted by molar-refractivity contribution is -0.133. The Morgan fingerprint density at radius 1 is 1.04 bits per heavy atom. The SMILES string of the molecule is O=C(Cc1ccc(F)cc1)N1CC(S(=O)(=O)C2CCCCC2)C1. The lowest BCUT2D eigenvalue weighted by atomic mass is 10.0. The summed E-state index contributed by atoms with van der Waals surface area (Å²) in [7, 11) is -3.11. The normalized spacial score (nSPS) is 20.3. The van der Waals surface area contributed by atoms with Gasteiger partial charge in [-0.2, -0.15) is 0 Å². The maximum absolute atomic E-state index is 12.9. The molecule has 6 heteroatoms. The predicted molar refractivity (Wildman–Crippen MR) is 86.3 cm³/mol. The third-order valence-corrected chi connectivity index (χ3v) is 7.58. The molecule has 1 aliphatic heterocycles. The number of carbonyl (C=O) groups is 1. The average molecular weight is 339 g/mol. The summed E-state index contributed by atoms with van der Waals surface area (Å²) in [6.45, 7) is 0.609. The topological polar surface area (TPSA) is 54.5 Å². The maximum Gasteiger partial charge on any atom is 0.227 e. The molecule has 1 saturated carbocycles. The Bertz CT molecular complexity index is 660. The van der Waals surface area contributed by atoms with E-state index in [1.807, 2.05) is 0 Å². The van der Waals surface area contributed by atoms with Crippen molar-refractivity contribution < 1.29 is 17.6 Å². The summed E-state index contributed by atoms with van der Waals surface area (Å²) in [5.74, 6) is -0.421. The van der Waals surface area contributed by atoms with Gasteiger partial charge in [-0.1, -0.05) is 31.4 Å². The third kappa shape index (κ3) is 3.57. The minimum atomic E-state index is -3.11. The lowest BCUT2D eigenvalue weighted by Crippen LogP contribution is -2.59. The number of likely N-dealkylation sites (tertiary alicyclic amines) is 1. The van der Waals surface area contributed by atoms with Crippen molar-refractivity contribution in [1.29, 1.82) is 0 Å². The highest BCUT2D eigenvalue weighted by Crippen LogP contribution is 2.30. The largest absolute Gasteiger partial charge is 0.340 e. The van der Waals surface area contributed by atoms with Crippen LogP contribution in [0.15, 0.2) is 24.3 Å². The summed E-state index contributed by atoms with van der Waals surface area (Å²) in [6, 6.07) is 5.83. The van der Waals surface area contributed by atoms with Gasteiger partial charge in [0.2, 0.25) is 5.91 Å². The molecule has 1 heterocycles. The maximum atomic E-state index is 12.9. The Morgan fingerprint density at radius 3 is 2.26 bits per heavy atom. The van der Waals surface area contributed by atoms with Crippen molar-refractivity contribution in [3.8, 4) is 0 Å². The molecule has 0 unspecified atom stereocenters. The Hall–Kier alpha value is -1.43. The molecule has 1 aromatic rings. The molecule has 4 nitrogen and oxygen atoms in total. The molecule has 1 amide bonds. The molecule has 0 atom stereocenters. The molecule has 0 N–H and O–H groups in total. The van der Waals surface area contributed by atoms with E-state index >= 15 is 0 Å². The first-order chi connectivity index (χ1) is 11.0. The van der Waals surface area contributed by atoms with E-state index in [0.717, 1.165) is 37.7 Å². The number of benzene rings is 1. The van der Waals surface area contributed by atoms with Crippen molar-refractivity contribution in [2.75, 3.05) is 13.1 Å². The van der Waals surface area contributed by atoms with Crippen molar-refractivity contribution in [2.45, 2.75) is 49.0 Å². The molecule has 0 aromatic heterocycles. The van der Waals surface area contributed by atoms with E-state index in [9.17, 15) is 17.6 Å². The quantitative estimate of drug-likeness (QED) is 0.846. The zero-order chi connectivity index (χ0) is 16.4. The van der Waals surface area contributed by atoms with Crippen molar-refractivity contribution in [3.63, 3.8) is 0 Å². The summed E-state index contributed by atoms with van der Waals surface area (Å²) >= 11 is 0. The number of amides is 1. The van der Waals surface area contributed by atoms with Crippen molar-refractivity contribution in [1.82, 2.24) is 4.90 Å². The second-order valence-electron chi connectivity index (χ2n) is 6.57. The minimum absolute atomic E-state index is 0.0910. The molecule has 23 heavy (non-hydrogen) atoms. The predicted octanol–water partition coefficient (Wildman–Crippen LogP) is 2.33.